The molecular weight excluding hydrogens is 268 g/mol. The van der Waals surface area contributed by atoms with Crippen LogP contribution in [0.15, 0.2) is 42.5 Å². The SMILES string of the molecule is Cc1cc(C(C)O)ccc1OCc1ccc(C(=O)O)cc1. The van der Waals surface area contributed by atoms with E-state index in [2.05, 4.69) is 0 Å². The predicted molar refractivity (Wildman–Crippen MR) is 79.5 cm³/mol. The molecule has 110 valence electrons. The van der Waals surface area contributed by atoms with Crippen LogP contribution in [0.1, 0.15) is 40.1 Å². The van der Waals surface area contributed by atoms with Crippen molar-refractivity contribution < 1.29 is 19.7 Å². The van der Waals surface area contributed by atoms with Gasteiger partial charge >= 0.3 is 5.97 Å². The van der Waals surface area contributed by atoms with E-state index >= 15 is 0 Å². The van der Waals surface area contributed by atoms with Gasteiger partial charge in [-0.1, -0.05) is 18.2 Å². The third-order valence-electron chi connectivity index (χ3n) is 3.28. The van der Waals surface area contributed by atoms with Crippen molar-refractivity contribution in [3.8, 4) is 5.75 Å². The maximum Gasteiger partial charge on any atom is 0.335 e. The lowest BCUT2D eigenvalue weighted by atomic mass is 10.1. The maximum atomic E-state index is 10.8. The van der Waals surface area contributed by atoms with Crippen molar-refractivity contribution in [2.45, 2.75) is 26.6 Å². The Labute approximate surface area is 123 Å². The van der Waals surface area contributed by atoms with Gasteiger partial charge in [0.15, 0.2) is 0 Å². The minimum Gasteiger partial charge on any atom is -0.489 e. The van der Waals surface area contributed by atoms with Gasteiger partial charge in [-0.2, -0.15) is 0 Å². The van der Waals surface area contributed by atoms with E-state index in [4.69, 9.17) is 9.84 Å². The Kier molecular flexibility index (Phi) is 4.60. The van der Waals surface area contributed by atoms with Crippen LogP contribution in [0.25, 0.3) is 0 Å². The zero-order valence-electron chi connectivity index (χ0n) is 12.0. The van der Waals surface area contributed by atoms with Crippen molar-refractivity contribution in [2.75, 3.05) is 0 Å². The molecule has 0 saturated heterocycles. The molecule has 0 aromatic heterocycles. The number of rotatable bonds is 5. The van der Waals surface area contributed by atoms with Crippen molar-refractivity contribution in [1.82, 2.24) is 0 Å². The van der Waals surface area contributed by atoms with Crippen molar-refractivity contribution in [2.24, 2.45) is 0 Å². The van der Waals surface area contributed by atoms with E-state index in [0.717, 1.165) is 22.4 Å². The minimum absolute atomic E-state index is 0.260. The molecule has 0 saturated carbocycles. The largest absolute Gasteiger partial charge is 0.489 e. The van der Waals surface area contributed by atoms with Gasteiger partial charge in [0, 0.05) is 0 Å². The van der Waals surface area contributed by atoms with Crippen LogP contribution in [0.3, 0.4) is 0 Å². The fourth-order valence-corrected chi connectivity index (χ4v) is 2.00. The van der Waals surface area contributed by atoms with Gasteiger partial charge in [0.25, 0.3) is 0 Å². The molecule has 2 N–H and O–H groups in total. The molecule has 2 rings (SSSR count). The Morgan fingerprint density at radius 2 is 1.86 bits per heavy atom. The zero-order chi connectivity index (χ0) is 15.4. The van der Waals surface area contributed by atoms with E-state index in [1.807, 2.05) is 25.1 Å². The quantitative estimate of drug-likeness (QED) is 0.884. The van der Waals surface area contributed by atoms with E-state index in [9.17, 15) is 9.90 Å². The molecule has 2 aromatic rings. The second kappa shape index (κ2) is 6.41. The number of hydrogen-bond donors (Lipinski definition) is 2. The Morgan fingerprint density at radius 1 is 1.19 bits per heavy atom. The first-order valence-electron chi connectivity index (χ1n) is 6.71. The van der Waals surface area contributed by atoms with E-state index in [0.29, 0.717) is 6.61 Å². The van der Waals surface area contributed by atoms with E-state index in [-0.39, 0.29) is 5.56 Å². The number of benzene rings is 2. The molecule has 0 heterocycles. The number of hydrogen-bond acceptors (Lipinski definition) is 3. The number of ether oxygens (including phenoxy) is 1. The molecular formula is C17H18O4. The predicted octanol–water partition coefficient (Wildman–Crippen LogP) is 3.33. The van der Waals surface area contributed by atoms with Gasteiger partial charge in [-0.3, -0.25) is 0 Å². The van der Waals surface area contributed by atoms with Crippen molar-refractivity contribution in [3.63, 3.8) is 0 Å². The minimum atomic E-state index is -0.938. The number of carbonyl (C=O) groups is 1. The summed E-state index contributed by atoms with van der Waals surface area (Å²) >= 11 is 0. The lowest BCUT2D eigenvalue weighted by molar-refractivity contribution is 0.0697. The summed E-state index contributed by atoms with van der Waals surface area (Å²) in [6, 6.07) is 12.2. The summed E-state index contributed by atoms with van der Waals surface area (Å²) in [6.45, 7) is 4.02. The van der Waals surface area contributed by atoms with Gasteiger partial charge in [0.2, 0.25) is 0 Å². The second-order valence-corrected chi connectivity index (χ2v) is 4.99. The van der Waals surface area contributed by atoms with Crippen molar-refractivity contribution >= 4 is 5.97 Å². The molecule has 21 heavy (non-hydrogen) atoms. The number of aromatic carboxylic acids is 1. The fraction of sp³-hybridized carbons (Fsp3) is 0.235. The fourth-order valence-electron chi connectivity index (χ4n) is 2.00. The molecule has 0 aliphatic rings. The average Bonchev–Trinajstić information content (AvgIpc) is 2.46. The monoisotopic (exact) mass is 286 g/mol. The molecule has 0 spiro atoms. The van der Waals surface area contributed by atoms with Crippen LogP contribution in [0.2, 0.25) is 0 Å². The van der Waals surface area contributed by atoms with Crippen LogP contribution in [0.5, 0.6) is 5.75 Å². The topological polar surface area (TPSA) is 66.8 Å². The molecule has 0 amide bonds. The average molecular weight is 286 g/mol. The molecule has 0 radical (unpaired) electrons. The summed E-state index contributed by atoms with van der Waals surface area (Å²) in [4.78, 5) is 10.8. The molecule has 0 fully saturated rings. The normalized spacial score (nSPS) is 12.0. The third kappa shape index (κ3) is 3.83. The van der Waals surface area contributed by atoms with E-state index in [1.54, 1.807) is 31.2 Å². The Bertz CT molecular complexity index is 630. The first-order chi connectivity index (χ1) is 9.97. The third-order valence-corrected chi connectivity index (χ3v) is 3.28. The highest BCUT2D eigenvalue weighted by atomic mass is 16.5. The van der Waals surface area contributed by atoms with Crippen molar-refractivity contribution in [3.05, 3.63) is 64.7 Å². The summed E-state index contributed by atoms with van der Waals surface area (Å²) < 4.78 is 5.73. The van der Waals surface area contributed by atoms with Crippen LogP contribution in [-0.4, -0.2) is 16.2 Å². The highest BCUT2D eigenvalue weighted by molar-refractivity contribution is 5.87. The summed E-state index contributed by atoms with van der Waals surface area (Å²) in [6.07, 6.45) is -0.499. The van der Waals surface area contributed by atoms with Gasteiger partial charge in [0.1, 0.15) is 12.4 Å². The molecule has 0 aliphatic carbocycles. The Balaban J connectivity index is 2.04. The number of aliphatic hydroxyl groups excluding tert-OH is 1. The molecule has 0 aliphatic heterocycles. The summed E-state index contributed by atoms with van der Waals surface area (Å²) in [5.74, 6) is -0.186. The van der Waals surface area contributed by atoms with E-state index < -0.39 is 12.1 Å². The first-order valence-corrected chi connectivity index (χ1v) is 6.71. The molecule has 0 bridgehead atoms. The standard InChI is InChI=1S/C17H18O4/c1-11-9-15(12(2)18)7-8-16(11)21-10-13-3-5-14(6-4-13)17(19)20/h3-9,12,18H,10H2,1-2H3,(H,19,20). The van der Waals surface area contributed by atoms with Crippen LogP contribution in [0, 0.1) is 6.92 Å². The lowest BCUT2D eigenvalue weighted by Crippen LogP contribution is -2.00. The van der Waals surface area contributed by atoms with Crippen LogP contribution < -0.4 is 4.74 Å². The molecule has 1 atom stereocenters. The highest BCUT2D eigenvalue weighted by Gasteiger charge is 2.06. The smallest absolute Gasteiger partial charge is 0.335 e. The van der Waals surface area contributed by atoms with Gasteiger partial charge in [-0.15, -0.1) is 0 Å². The number of aryl methyl sites for hydroxylation is 1. The van der Waals surface area contributed by atoms with Gasteiger partial charge in [-0.25, -0.2) is 4.79 Å². The molecule has 1 unspecified atom stereocenters. The summed E-state index contributed by atoms with van der Waals surface area (Å²) in [5, 5.41) is 18.4. The zero-order valence-corrected chi connectivity index (χ0v) is 12.0. The second-order valence-electron chi connectivity index (χ2n) is 4.99. The Morgan fingerprint density at radius 3 is 2.38 bits per heavy atom. The van der Waals surface area contributed by atoms with Gasteiger partial charge < -0.3 is 14.9 Å². The molecule has 2 aromatic carbocycles. The van der Waals surface area contributed by atoms with Crippen molar-refractivity contribution in [1.29, 1.82) is 0 Å². The summed E-state index contributed by atoms with van der Waals surface area (Å²) in [5.41, 5.74) is 2.97. The van der Waals surface area contributed by atoms with Gasteiger partial charge in [-0.05, 0) is 54.8 Å². The van der Waals surface area contributed by atoms with Gasteiger partial charge in [0.05, 0.1) is 11.7 Å². The molecule has 4 nitrogen and oxygen atoms in total. The lowest BCUT2D eigenvalue weighted by Gasteiger charge is -2.12. The van der Waals surface area contributed by atoms with Crippen LogP contribution >= 0.6 is 0 Å². The first kappa shape index (κ1) is 15.1. The summed E-state index contributed by atoms with van der Waals surface area (Å²) in [7, 11) is 0. The maximum absolute atomic E-state index is 10.8. The number of aliphatic hydroxyl groups is 1. The molecule has 4 heteroatoms. The van der Waals surface area contributed by atoms with Crippen LogP contribution in [0.4, 0.5) is 0 Å². The van der Waals surface area contributed by atoms with E-state index in [1.165, 1.54) is 0 Å². The number of carboxylic acid groups (broad SMARTS) is 1. The highest BCUT2D eigenvalue weighted by Crippen LogP contribution is 2.23. The Hall–Kier alpha value is -2.33. The number of carboxylic acids is 1. The van der Waals surface area contributed by atoms with Crippen LogP contribution in [-0.2, 0) is 6.61 Å².